The third kappa shape index (κ3) is 6.31. The van der Waals surface area contributed by atoms with E-state index in [0.29, 0.717) is 5.16 Å². The van der Waals surface area contributed by atoms with Gasteiger partial charge in [-0.25, -0.2) is 14.8 Å². The number of ether oxygens (including phenoxy) is 1. The van der Waals surface area contributed by atoms with Gasteiger partial charge in [0.25, 0.3) is 0 Å². The van der Waals surface area contributed by atoms with Crippen molar-refractivity contribution in [1.82, 2.24) is 14.9 Å². The second-order valence-electron chi connectivity index (χ2n) is 6.98. The van der Waals surface area contributed by atoms with E-state index in [1.54, 1.807) is 6.92 Å². The predicted octanol–water partition coefficient (Wildman–Crippen LogP) is 2.11. The van der Waals surface area contributed by atoms with Crippen molar-refractivity contribution in [3.8, 4) is 0 Å². The molecule has 1 aromatic heterocycles. The zero-order chi connectivity index (χ0) is 22.2. The lowest BCUT2D eigenvalue weighted by Crippen LogP contribution is -2.46. The fourth-order valence-electron chi connectivity index (χ4n) is 3.22. The molecule has 1 fully saturated rings. The standard InChI is InChI=1S/C21H28N6O3S/c1-3-26-9-11-27(12-10-26)16-7-5-15(6-8-16)24-18(28)14-31-21-23-13-17(19(22)25-21)20(29)30-4-2/h5-8,13H,3-4,9-12,14H2,1-2H3,(H,24,28)(H2,22,23,25). The second-order valence-corrected chi connectivity index (χ2v) is 7.92. The molecule has 1 aromatic carbocycles. The van der Waals surface area contributed by atoms with Gasteiger partial charge < -0.3 is 25.6 Å². The Labute approximate surface area is 186 Å². The maximum atomic E-state index is 12.3. The number of nitrogens with zero attached hydrogens (tertiary/aromatic N) is 4. The Kier molecular flexibility index (Phi) is 8.07. The molecule has 0 atom stereocenters. The number of thioether (sulfide) groups is 1. The van der Waals surface area contributed by atoms with Crippen LogP contribution in [0.5, 0.6) is 0 Å². The van der Waals surface area contributed by atoms with Gasteiger partial charge in [0.15, 0.2) is 5.16 Å². The van der Waals surface area contributed by atoms with Crippen molar-refractivity contribution in [2.24, 2.45) is 0 Å². The average molecular weight is 445 g/mol. The summed E-state index contributed by atoms with van der Waals surface area (Å²) >= 11 is 1.14. The van der Waals surface area contributed by atoms with E-state index in [0.717, 1.165) is 55.9 Å². The topological polar surface area (TPSA) is 114 Å². The van der Waals surface area contributed by atoms with Crippen LogP contribution in [0.25, 0.3) is 0 Å². The van der Waals surface area contributed by atoms with E-state index >= 15 is 0 Å². The minimum absolute atomic E-state index is 0.0340. The van der Waals surface area contributed by atoms with Gasteiger partial charge in [-0.15, -0.1) is 0 Å². The summed E-state index contributed by atoms with van der Waals surface area (Å²) in [5.74, 6) is -0.582. The van der Waals surface area contributed by atoms with Gasteiger partial charge in [-0.3, -0.25) is 4.79 Å². The van der Waals surface area contributed by atoms with E-state index in [4.69, 9.17) is 10.5 Å². The fourth-order valence-corrected chi connectivity index (χ4v) is 3.84. The minimum Gasteiger partial charge on any atom is -0.462 e. The Morgan fingerprint density at radius 1 is 1.16 bits per heavy atom. The molecule has 1 aliphatic heterocycles. The predicted molar refractivity (Wildman–Crippen MR) is 123 cm³/mol. The van der Waals surface area contributed by atoms with Gasteiger partial charge >= 0.3 is 5.97 Å². The van der Waals surface area contributed by atoms with Crippen molar-refractivity contribution in [1.29, 1.82) is 0 Å². The molecule has 166 valence electrons. The lowest BCUT2D eigenvalue weighted by molar-refractivity contribution is -0.113. The molecule has 1 saturated heterocycles. The summed E-state index contributed by atoms with van der Waals surface area (Å²) in [6, 6.07) is 7.88. The molecule has 2 aromatic rings. The molecule has 31 heavy (non-hydrogen) atoms. The highest BCUT2D eigenvalue weighted by atomic mass is 32.2. The highest BCUT2D eigenvalue weighted by Crippen LogP contribution is 2.21. The van der Waals surface area contributed by atoms with Crippen LogP contribution in [0.3, 0.4) is 0 Å². The van der Waals surface area contributed by atoms with Crippen LogP contribution in [0.2, 0.25) is 0 Å². The van der Waals surface area contributed by atoms with E-state index in [1.807, 2.05) is 24.3 Å². The van der Waals surface area contributed by atoms with E-state index in [9.17, 15) is 9.59 Å². The van der Waals surface area contributed by atoms with Crippen molar-refractivity contribution < 1.29 is 14.3 Å². The quantitative estimate of drug-likeness (QED) is 0.359. The number of aromatic nitrogens is 2. The molecular weight excluding hydrogens is 416 g/mol. The van der Waals surface area contributed by atoms with Gasteiger partial charge in [-0.2, -0.15) is 0 Å². The SMILES string of the molecule is CCOC(=O)c1cnc(SCC(=O)Nc2ccc(N3CCN(CC)CC3)cc2)nc1N. The highest BCUT2D eigenvalue weighted by molar-refractivity contribution is 7.99. The van der Waals surface area contributed by atoms with Crippen molar-refractivity contribution in [2.45, 2.75) is 19.0 Å². The molecule has 9 nitrogen and oxygen atoms in total. The summed E-state index contributed by atoms with van der Waals surface area (Å²) in [5.41, 5.74) is 7.82. The summed E-state index contributed by atoms with van der Waals surface area (Å²) in [7, 11) is 0. The maximum absolute atomic E-state index is 12.3. The first kappa shape index (κ1) is 22.8. The van der Waals surface area contributed by atoms with E-state index < -0.39 is 5.97 Å². The number of carbonyl (C=O) groups is 2. The van der Waals surface area contributed by atoms with E-state index in [-0.39, 0.29) is 29.6 Å². The Hall–Kier alpha value is -2.85. The molecule has 0 saturated carbocycles. The number of nitrogens with two attached hydrogens (primary N) is 1. The van der Waals surface area contributed by atoms with Gasteiger partial charge in [-0.05, 0) is 37.7 Å². The molecule has 2 heterocycles. The second kappa shape index (κ2) is 11.0. The molecule has 0 radical (unpaired) electrons. The maximum Gasteiger partial charge on any atom is 0.343 e. The van der Waals surface area contributed by atoms with Crippen LogP contribution in [0.4, 0.5) is 17.2 Å². The fraction of sp³-hybridized carbons (Fsp3) is 0.429. The zero-order valence-electron chi connectivity index (χ0n) is 17.8. The van der Waals surface area contributed by atoms with E-state index in [1.165, 1.54) is 6.20 Å². The Morgan fingerprint density at radius 2 is 1.87 bits per heavy atom. The molecule has 1 amide bonds. The number of nitrogens with one attached hydrogen (secondary N) is 1. The first-order chi connectivity index (χ1) is 15.0. The molecule has 3 N–H and O–H groups in total. The molecule has 0 bridgehead atoms. The zero-order valence-corrected chi connectivity index (χ0v) is 18.7. The Balaban J connectivity index is 1.48. The first-order valence-corrected chi connectivity index (χ1v) is 11.3. The van der Waals surface area contributed by atoms with Crippen LogP contribution in [0, 0.1) is 0 Å². The number of rotatable bonds is 8. The number of piperazine rings is 1. The average Bonchev–Trinajstić information content (AvgIpc) is 2.78. The third-order valence-corrected chi connectivity index (χ3v) is 5.82. The van der Waals surface area contributed by atoms with Gasteiger partial charge in [0.1, 0.15) is 11.4 Å². The number of benzene rings is 1. The highest BCUT2D eigenvalue weighted by Gasteiger charge is 2.16. The van der Waals surface area contributed by atoms with Crippen LogP contribution in [-0.2, 0) is 9.53 Å². The molecular formula is C21H28N6O3S. The van der Waals surface area contributed by atoms with Crippen LogP contribution in [0.15, 0.2) is 35.6 Å². The summed E-state index contributed by atoms with van der Waals surface area (Å²) < 4.78 is 4.90. The number of likely N-dealkylation sites (N-methyl/N-ethyl adjacent to an activating group) is 1. The van der Waals surface area contributed by atoms with Crippen LogP contribution in [0.1, 0.15) is 24.2 Å². The normalized spacial score (nSPS) is 14.3. The van der Waals surface area contributed by atoms with Crippen molar-refractivity contribution in [3.05, 3.63) is 36.0 Å². The molecule has 10 heteroatoms. The Bertz CT molecular complexity index is 900. The van der Waals surface area contributed by atoms with Gasteiger partial charge in [0.2, 0.25) is 5.91 Å². The van der Waals surface area contributed by atoms with Gasteiger partial charge in [-0.1, -0.05) is 18.7 Å². The lowest BCUT2D eigenvalue weighted by Gasteiger charge is -2.35. The molecule has 1 aliphatic rings. The summed E-state index contributed by atoms with van der Waals surface area (Å²) in [6.45, 7) is 9.38. The first-order valence-electron chi connectivity index (χ1n) is 10.3. The lowest BCUT2D eigenvalue weighted by atomic mass is 10.2. The number of carbonyl (C=O) groups excluding carboxylic acids is 2. The molecule has 0 unspecified atom stereocenters. The number of hydrogen-bond donors (Lipinski definition) is 2. The number of esters is 1. The number of hydrogen-bond acceptors (Lipinski definition) is 9. The van der Waals surface area contributed by atoms with Gasteiger partial charge in [0, 0.05) is 43.8 Å². The van der Waals surface area contributed by atoms with Crippen molar-refractivity contribution in [2.75, 3.05) is 61.0 Å². The summed E-state index contributed by atoms with van der Waals surface area (Å²) in [6.07, 6.45) is 1.32. The third-order valence-electron chi connectivity index (χ3n) is 4.96. The smallest absolute Gasteiger partial charge is 0.343 e. The monoisotopic (exact) mass is 444 g/mol. The van der Waals surface area contributed by atoms with E-state index in [2.05, 4.69) is 32.0 Å². The molecule has 3 rings (SSSR count). The summed E-state index contributed by atoms with van der Waals surface area (Å²) in [4.78, 5) is 37.0. The minimum atomic E-state index is -0.565. The molecule has 0 spiro atoms. The van der Waals surface area contributed by atoms with Gasteiger partial charge in [0.05, 0.1) is 12.4 Å². The number of amides is 1. The van der Waals surface area contributed by atoms with Crippen LogP contribution >= 0.6 is 11.8 Å². The van der Waals surface area contributed by atoms with Crippen molar-refractivity contribution >= 4 is 40.8 Å². The van der Waals surface area contributed by atoms with Crippen molar-refractivity contribution in [3.63, 3.8) is 0 Å². The van der Waals surface area contributed by atoms with Crippen LogP contribution < -0.4 is 16.0 Å². The molecule has 0 aliphatic carbocycles. The summed E-state index contributed by atoms with van der Waals surface area (Å²) in [5, 5.41) is 3.19. The van der Waals surface area contributed by atoms with Crippen LogP contribution in [-0.4, -0.2) is 71.8 Å². The largest absolute Gasteiger partial charge is 0.462 e. The number of nitrogen functional groups attached to an aromatic ring is 1. The Morgan fingerprint density at radius 3 is 2.48 bits per heavy atom. The number of anilines is 3.